The van der Waals surface area contributed by atoms with Gasteiger partial charge in [-0.15, -0.1) is 0 Å². The Hall–Kier alpha value is -2.67. The molecule has 0 fully saturated rings. The van der Waals surface area contributed by atoms with E-state index < -0.39 is 0 Å². The SMILES string of the molecule is CCOc1ccc(Oc2ccc(C#N)cc2N)cc1. The zero-order valence-corrected chi connectivity index (χ0v) is 10.6. The van der Waals surface area contributed by atoms with Crippen LogP contribution < -0.4 is 15.2 Å². The topological polar surface area (TPSA) is 68.3 Å². The Balaban J connectivity index is 2.15. The number of nitrogen functional groups attached to an aromatic ring is 1. The predicted molar refractivity (Wildman–Crippen MR) is 73.3 cm³/mol. The normalized spacial score (nSPS) is 9.68. The van der Waals surface area contributed by atoms with E-state index >= 15 is 0 Å². The van der Waals surface area contributed by atoms with Gasteiger partial charge in [-0.25, -0.2) is 0 Å². The quantitative estimate of drug-likeness (QED) is 0.850. The zero-order valence-electron chi connectivity index (χ0n) is 10.6. The highest BCUT2D eigenvalue weighted by molar-refractivity contribution is 5.57. The Morgan fingerprint density at radius 3 is 2.37 bits per heavy atom. The van der Waals surface area contributed by atoms with Crippen LogP contribution in [0.1, 0.15) is 12.5 Å². The maximum absolute atomic E-state index is 8.76. The minimum absolute atomic E-state index is 0.438. The summed E-state index contributed by atoms with van der Waals surface area (Å²) in [4.78, 5) is 0. The highest BCUT2D eigenvalue weighted by atomic mass is 16.5. The molecule has 0 aromatic heterocycles. The molecule has 4 heteroatoms. The lowest BCUT2D eigenvalue weighted by atomic mass is 10.2. The summed E-state index contributed by atoms with van der Waals surface area (Å²) < 4.78 is 11.0. The number of nitrogens with two attached hydrogens (primary N) is 1. The average molecular weight is 254 g/mol. The summed E-state index contributed by atoms with van der Waals surface area (Å²) in [5.74, 6) is 1.99. The first kappa shape index (κ1) is 12.8. The molecule has 19 heavy (non-hydrogen) atoms. The third kappa shape index (κ3) is 3.17. The Labute approximate surface area is 112 Å². The fraction of sp³-hybridized carbons (Fsp3) is 0.133. The highest BCUT2D eigenvalue weighted by Crippen LogP contribution is 2.29. The molecule has 2 rings (SSSR count). The third-order valence-electron chi connectivity index (χ3n) is 2.50. The van der Waals surface area contributed by atoms with E-state index in [2.05, 4.69) is 0 Å². The lowest BCUT2D eigenvalue weighted by Crippen LogP contribution is -1.94. The summed E-state index contributed by atoms with van der Waals surface area (Å²) in [5.41, 5.74) is 6.77. The molecule has 0 heterocycles. The molecule has 0 atom stereocenters. The van der Waals surface area contributed by atoms with Crippen LogP contribution in [0.4, 0.5) is 5.69 Å². The Morgan fingerprint density at radius 1 is 1.11 bits per heavy atom. The zero-order chi connectivity index (χ0) is 13.7. The molecule has 0 aliphatic rings. The van der Waals surface area contributed by atoms with Crippen molar-refractivity contribution < 1.29 is 9.47 Å². The lowest BCUT2D eigenvalue weighted by molar-refractivity contribution is 0.339. The van der Waals surface area contributed by atoms with Gasteiger partial charge in [-0.3, -0.25) is 0 Å². The number of nitrogens with zero attached hydrogens (tertiary/aromatic N) is 1. The number of hydrogen-bond donors (Lipinski definition) is 1. The van der Waals surface area contributed by atoms with Crippen LogP contribution in [0.25, 0.3) is 0 Å². The fourth-order valence-corrected chi connectivity index (χ4v) is 1.61. The molecule has 0 saturated carbocycles. The van der Waals surface area contributed by atoms with E-state index in [0.29, 0.717) is 29.4 Å². The number of ether oxygens (including phenoxy) is 2. The monoisotopic (exact) mass is 254 g/mol. The maximum Gasteiger partial charge on any atom is 0.150 e. The summed E-state index contributed by atoms with van der Waals surface area (Å²) in [6.45, 7) is 2.56. The van der Waals surface area contributed by atoms with Crippen LogP contribution in [0.2, 0.25) is 0 Å². The Kier molecular flexibility index (Phi) is 3.89. The van der Waals surface area contributed by atoms with Crippen molar-refractivity contribution in [2.24, 2.45) is 0 Å². The summed E-state index contributed by atoms with van der Waals surface area (Å²) in [6, 6.07) is 14.2. The van der Waals surface area contributed by atoms with Gasteiger partial charge in [0.1, 0.15) is 17.2 Å². The molecule has 0 aliphatic carbocycles. The summed E-state index contributed by atoms with van der Waals surface area (Å²) >= 11 is 0. The molecule has 0 radical (unpaired) electrons. The van der Waals surface area contributed by atoms with Gasteiger partial charge < -0.3 is 15.2 Å². The van der Waals surface area contributed by atoms with E-state index in [9.17, 15) is 0 Å². The molecule has 0 spiro atoms. The molecular formula is C15H14N2O2. The first-order chi connectivity index (χ1) is 9.22. The second kappa shape index (κ2) is 5.78. The molecule has 0 unspecified atom stereocenters. The smallest absolute Gasteiger partial charge is 0.150 e. The van der Waals surface area contributed by atoms with E-state index in [1.165, 1.54) is 0 Å². The average Bonchev–Trinajstić information content (AvgIpc) is 2.43. The van der Waals surface area contributed by atoms with E-state index in [1.807, 2.05) is 37.3 Å². The van der Waals surface area contributed by atoms with Crippen LogP contribution >= 0.6 is 0 Å². The fourth-order valence-electron chi connectivity index (χ4n) is 1.61. The van der Waals surface area contributed by atoms with Crippen molar-refractivity contribution in [1.82, 2.24) is 0 Å². The molecule has 2 aromatic rings. The minimum atomic E-state index is 0.438. The Morgan fingerprint density at radius 2 is 1.79 bits per heavy atom. The van der Waals surface area contributed by atoms with Gasteiger partial charge in [0, 0.05) is 0 Å². The van der Waals surface area contributed by atoms with E-state index in [1.54, 1.807) is 18.2 Å². The number of hydrogen-bond acceptors (Lipinski definition) is 4. The van der Waals surface area contributed by atoms with Crippen LogP contribution in [0, 0.1) is 11.3 Å². The molecule has 0 aliphatic heterocycles. The van der Waals surface area contributed by atoms with Crippen molar-refractivity contribution in [2.45, 2.75) is 6.92 Å². The maximum atomic E-state index is 8.76. The van der Waals surface area contributed by atoms with Crippen LogP contribution in [0.5, 0.6) is 17.2 Å². The van der Waals surface area contributed by atoms with Gasteiger partial charge in [0.25, 0.3) is 0 Å². The molecule has 2 aromatic carbocycles. The van der Waals surface area contributed by atoms with Crippen molar-refractivity contribution >= 4 is 5.69 Å². The molecule has 0 amide bonds. The molecule has 0 bridgehead atoms. The first-order valence-corrected chi connectivity index (χ1v) is 5.93. The summed E-state index contributed by atoms with van der Waals surface area (Å²) in [7, 11) is 0. The number of nitriles is 1. The largest absolute Gasteiger partial charge is 0.494 e. The third-order valence-corrected chi connectivity index (χ3v) is 2.50. The second-order valence-corrected chi connectivity index (χ2v) is 3.87. The standard InChI is InChI=1S/C15H14N2O2/c1-2-18-12-4-6-13(7-5-12)19-15-8-3-11(10-16)9-14(15)17/h3-9H,2,17H2,1H3. The molecular weight excluding hydrogens is 240 g/mol. The van der Waals surface area contributed by atoms with Crippen LogP contribution in [0.3, 0.4) is 0 Å². The van der Waals surface area contributed by atoms with Gasteiger partial charge in [-0.05, 0) is 49.4 Å². The number of rotatable bonds is 4. The molecule has 4 nitrogen and oxygen atoms in total. The number of anilines is 1. The van der Waals surface area contributed by atoms with Crippen molar-refractivity contribution in [3.63, 3.8) is 0 Å². The van der Waals surface area contributed by atoms with Crippen molar-refractivity contribution in [3.05, 3.63) is 48.0 Å². The lowest BCUT2D eigenvalue weighted by Gasteiger charge is -2.09. The number of benzene rings is 2. The van der Waals surface area contributed by atoms with Gasteiger partial charge >= 0.3 is 0 Å². The van der Waals surface area contributed by atoms with E-state index in [0.717, 1.165) is 5.75 Å². The Bertz CT molecular complexity index is 601. The molecule has 2 N–H and O–H groups in total. The van der Waals surface area contributed by atoms with Gasteiger partial charge in [0.05, 0.1) is 23.9 Å². The van der Waals surface area contributed by atoms with E-state index in [-0.39, 0.29) is 0 Å². The highest BCUT2D eigenvalue weighted by Gasteiger charge is 2.04. The van der Waals surface area contributed by atoms with Crippen molar-refractivity contribution in [3.8, 4) is 23.3 Å². The van der Waals surface area contributed by atoms with E-state index in [4.69, 9.17) is 20.5 Å². The van der Waals surface area contributed by atoms with Crippen LogP contribution in [0.15, 0.2) is 42.5 Å². The molecule has 96 valence electrons. The van der Waals surface area contributed by atoms with Gasteiger partial charge in [0.2, 0.25) is 0 Å². The predicted octanol–water partition coefficient (Wildman–Crippen LogP) is 3.33. The first-order valence-electron chi connectivity index (χ1n) is 5.93. The van der Waals surface area contributed by atoms with Crippen LogP contribution in [-0.4, -0.2) is 6.61 Å². The van der Waals surface area contributed by atoms with Crippen molar-refractivity contribution in [1.29, 1.82) is 5.26 Å². The van der Waals surface area contributed by atoms with Gasteiger partial charge in [-0.2, -0.15) is 5.26 Å². The minimum Gasteiger partial charge on any atom is -0.494 e. The van der Waals surface area contributed by atoms with Gasteiger partial charge in [-0.1, -0.05) is 0 Å². The summed E-state index contributed by atoms with van der Waals surface area (Å²) in [5, 5.41) is 8.76. The summed E-state index contributed by atoms with van der Waals surface area (Å²) in [6.07, 6.45) is 0. The van der Waals surface area contributed by atoms with Gasteiger partial charge in [0.15, 0.2) is 0 Å². The van der Waals surface area contributed by atoms with Crippen LogP contribution in [-0.2, 0) is 0 Å². The second-order valence-electron chi connectivity index (χ2n) is 3.87. The molecule has 0 saturated heterocycles. The van der Waals surface area contributed by atoms with Crippen molar-refractivity contribution in [2.75, 3.05) is 12.3 Å².